The number of anilines is 1. The number of nitrogens with zero attached hydrogens (tertiary/aromatic N) is 2. The van der Waals surface area contributed by atoms with Crippen molar-refractivity contribution < 1.29 is 5.11 Å². The van der Waals surface area contributed by atoms with E-state index >= 15 is 0 Å². The number of rotatable bonds is 1. The van der Waals surface area contributed by atoms with Crippen molar-refractivity contribution in [1.29, 1.82) is 0 Å². The van der Waals surface area contributed by atoms with Gasteiger partial charge in [-0.1, -0.05) is 13.8 Å². The van der Waals surface area contributed by atoms with Crippen LogP contribution in [0.2, 0.25) is 0 Å². The summed E-state index contributed by atoms with van der Waals surface area (Å²) < 4.78 is 0. The van der Waals surface area contributed by atoms with Crippen LogP contribution in [0.25, 0.3) is 0 Å². The number of aromatic nitrogens is 1. The Balaban J connectivity index is 2.26. The summed E-state index contributed by atoms with van der Waals surface area (Å²) in [5.74, 6) is 0. The van der Waals surface area contributed by atoms with E-state index in [0.717, 1.165) is 30.9 Å². The third-order valence-corrected chi connectivity index (χ3v) is 4.34. The van der Waals surface area contributed by atoms with Crippen molar-refractivity contribution in [2.24, 2.45) is 5.41 Å². The molecule has 2 rings (SSSR count). The van der Waals surface area contributed by atoms with E-state index in [1.807, 2.05) is 20.8 Å². The van der Waals surface area contributed by atoms with Gasteiger partial charge >= 0.3 is 0 Å². The Hall–Kier alpha value is -1.09. The van der Waals surface area contributed by atoms with Crippen molar-refractivity contribution in [1.82, 2.24) is 4.98 Å². The minimum Gasteiger partial charge on any atom is -0.389 e. The van der Waals surface area contributed by atoms with Crippen LogP contribution < -0.4 is 4.90 Å². The average molecular weight is 248 g/mol. The van der Waals surface area contributed by atoms with Gasteiger partial charge in [0.25, 0.3) is 0 Å². The van der Waals surface area contributed by atoms with Gasteiger partial charge in [-0.05, 0) is 39.3 Å². The molecule has 1 saturated heterocycles. The van der Waals surface area contributed by atoms with E-state index in [2.05, 4.69) is 35.9 Å². The van der Waals surface area contributed by atoms with Gasteiger partial charge in [0.05, 0.1) is 5.60 Å². The van der Waals surface area contributed by atoms with E-state index in [-0.39, 0.29) is 5.41 Å². The molecule has 100 valence electrons. The summed E-state index contributed by atoms with van der Waals surface area (Å²) in [6.45, 7) is 12.1. The first-order chi connectivity index (χ1) is 8.21. The van der Waals surface area contributed by atoms with Crippen LogP contribution in [0.1, 0.15) is 38.6 Å². The largest absolute Gasteiger partial charge is 0.389 e. The highest BCUT2D eigenvalue weighted by molar-refractivity contribution is 5.49. The highest BCUT2D eigenvalue weighted by Crippen LogP contribution is 2.39. The second kappa shape index (κ2) is 4.23. The van der Waals surface area contributed by atoms with E-state index in [0.29, 0.717) is 0 Å². The summed E-state index contributed by atoms with van der Waals surface area (Å²) in [5, 5.41) is 10.4. The maximum atomic E-state index is 10.4. The minimum atomic E-state index is -0.583. The summed E-state index contributed by atoms with van der Waals surface area (Å²) in [5.41, 5.74) is 2.65. The Labute approximate surface area is 110 Å². The minimum absolute atomic E-state index is 0.101. The quantitative estimate of drug-likeness (QED) is 0.830. The van der Waals surface area contributed by atoms with Crippen LogP contribution in [0.3, 0.4) is 0 Å². The number of hydrogen-bond donors (Lipinski definition) is 1. The number of aliphatic hydroxyl groups is 1. The SMILES string of the molecule is Cc1cc(N2CC[C@@](C)(O)C(C)(C)C2)cc(C)n1. The zero-order valence-corrected chi connectivity index (χ0v) is 12.1. The van der Waals surface area contributed by atoms with E-state index in [4.69, 9.17) is 0 Å². The first-order valence-corrected chi connectivity index (χ1v) is 6.64. The van der Waals surface area contributed by atoms with E-state index < -0.39 is 5.60 Å². The number of hydrogen-bond acceptors (Lipinski definition) is 3. The van der Waals surface area contributed by atoms with Gasteiger partial charge in [0, 0.05) is 35.6 Å². The third kappa shape index (κ3) is 2.37. The lowest BCUT2D eigenvalue weighted by atomic mass is 9.71. The zero-order chi connectivity index (χ0) is 13.6. The molecule has 0 aromatic carbocycles. The first kappa shape index (κ1) is 13.3. The Morgan fingerprint density at radius 1 is 1.17 bits per heavy atom. The molecule has 1 fully saturated rings. The molecule has 3 nitrogen and oxygen atoms in total. The predicted molar refractivity (Wildman–Crippen MR) is 74.9 cm³/mol. The van der Waals surface area contributed by atoms with Crippen molar-refractivity contribution >= 4 is 5.69 Å². The lowest BCUT2D eigenvalue weighted by molar-refractivity contribution is -0.0649. The summed E-state index contributed by atoms with van der Waals surface area (Å²) in [6.07, 6.45) is 0.806. The molecule has 1 N–H and O–H groups in total. The van der Waals surface area contributed by atoms with Gasteiger partial charge in [-0.15, -0.1) is 0 Å². The zero-order valence-electron chi connectivity index (χ0n) is 12.1. The molecule has 18 heavy (non-hydrogen) atoms. The van der Waals surface area contributed by atoms with E-state index in [1.165, 1.54) is 5.69 Å². The third-order valence-electron chi connectivity index (χ3n) is 4.34. The molecule has 0 radical (unpaired) electrons. The highest BCUT2D eigenvalue weighted by Gasteiger charge is 2.44. The second-order valence-electron chi connectivity index (χ2n) is 6.44. The smallest absolute Gasteiger partial charge is 0.0704 e. The van der Waals surface area contributed by atoms with E-state index in [9.17, 15) is 5.11 Å². The van der Waals surface area contributed by atoms with Crippen LogP contribution >= 0.6 is 0 Å². The summed E-state index contributed by atoms with van der Waals surface area (Å²) in [4.78, 5) is 6.78. The maximum absolute atomic E-state index is 10.4. The normalized spacial score (nSPS) is 27.3. The molecular weight excluding hydrogens is 224 g/mol. The van der Waals surface area contributed by atoms with Gasteiger partial charge in [0.1, 0.15) is 0 Å². The predicted octanol–water partition coefficient (Wildman–Crippen LogP) is 2.69. The van der Waals surface area contributed by atoms with Gasteiger partial charge in [-0.3, -0.25) is 4.98 Å². The van der Waals surface area contributed by atoms with Gasteiger partial charge in [-0.2, -0.15) is 0 Å². The molecule has 0 bridgehead atoms. The average Bonchev–Trinajstić information content (AvgIpc) is 2.20. The number of pyridine rings is 1. The number of piperidine rings is 1. The molecule has 3 heteroatoms. The Morgan fingerprint density at radius 3 is 2.22 bits per heavy atom. The molecule has 0 saturated carbocycles. The standard InChI is InChI=1S/C15H24N2O/c1-11-8-13(9-12(2)16-11)17-7-6-15(5,18)14(3,4)10-17/h8-9,18H,6-7,10H2,1-5H3/t15-/m1/s1. The summed E-state index contributed by atoms with van der Waals surface area (Å²) in [7, 11) is 0. The molecule has 1 aliphatic rings. The Bertz CT molecular complexity index is 432. The lowest BCUT2D eigenvalue weighted by Crippen LogP contribution is -2.55. The first-order valence-electron chi connectivity index (χ1n) is 6.64. The molecule has 1 atom stereocenters. The highest BCUT2D eigenvalue weighted by atomic mass is 16.3. The number of aryl methyl sites for hydroxylation is 2. The van der Waals surface area contributed by atoms with Gasteiger partial charge in [0.2, 0.25) is 0 Å². The van der Waals surface area contributed by atoms with E-state index in [1.54, 1.807) is 0 Å². The second-order valence-corrected chi connectivity index (χ2v) is 6.44. The molecule has 2 heterocycles. The molecule has 0 unspecified atom stereocenters. The summed E-state index contributed by atoms with van der Waals surface area (Å²) >= 11 is 0. The van der Waals surface area contributed by atoms with Crippen LogP contribution in [0.4, 0.5) is 5.69 Å². The van der Waals surface area contributed by atoms with Crippen molar-refractivity contribution in [3.8, 4) is 0 Å². The van der Waals surface area contributed by atoms with Crippen LogP contribution in [-0.4, -0.2) is 28.8 Å². The van der Waals surface area contributed by atoms with Gasteiger partial charge in [0.15, 0.2) is 0 Å². The van der Waals surface area contributed by atoms with Crippen molar-refractivity contribution in [2.45, 2.75) is 46.6 Å². The van der Waals surface area contributed by atoms with Crippen molar-refractivity contribution in [2.75, 3.05) is 18.0 Å². The van der Waals surface area contributed by atoms with Crippen molar-refractivity contribution in [3.63, 3.8) is 0 Å². The van der Waals surface area contributed by atoms with Crippen LogP contribution in [0.5, 0.6) is 0 Å². The molecule has 1 aromatic heterocycles. The Kier molecular flexibility index (Phi) is 3.14. The van der Waals surface area contributed by atoms with Crippen molar-refractivity contribution in [3.05, 3.63) is 23.5 Å². The molecule has 1 aliphatic heterocycles. The Morgan fingerprint density at radius 2 is 1.72 bits per heavy atom. The van der Waals surface area contributed by atoms with Crippen LogP contribution in [0, 0.1) is 19.3 Å². The molecular formula is C15H24N2O. The maximum Gasteiger partial charge on any atom is 0.0704 e. The molecule has 0 spiro atoms. The van der Waals surface area contributed by atoms with Gasteiger partial charge < -0.3 is 10.0 Å². The molecule has 0 aliphatic carbocycles. The fraction of sp³-hybridized carbons (Fsp3) is 0.667. The topological polar surface area (TPSA) is 36.4 Å². The van der Waals surface area contributed by atoms with Gasteiger partial charge in [-0.25, -0.2) is 0 Å². The monoisotopic (exact) mass is 248 g/mol. The van der Waals surface area contributed by atoms with Crippen LogP contribution in [0.15, 0.2) is 12.1 Å². The fourth-order valence-corrected chi connectivity index (χ4v) is 2.63. The summed E-state index contributed by atoms with van der Waals surface area (Å²) in [6, 6.07) is 4.26. The molecule has 0 amide bonds. The molecule has 1 aromatic rings. The fourth-order valence-electron chi connectivity index (χ4n) is 2.63. The van der Waals surface area contributed by atoms with Crippen LogP contribution in [-0.2, 0) is 0 Å². The lowest BCUT2D eigenvalue weighted by Gasteiger charge is -2.49.